The van der Waals surface area contributed by atoms with Gasteiger partial charge >= 0.3 is 0 Å². The maximum absolute atomic E-state index is 9.19. The monoisotopic (exact) mass is 338 g/mol. The highest BCUT2D eigenvalue weighted by atomic mass is 32.1. The van der Waals surface area contributed by atoms with Crippen molar-refractivity contribution in [2.45, 2.75) is 19.4 Å². The summed E-state index contributed by atoms with van der Waals surface area (Å²) in [6.45, 7) is 4.02. The zero-order valence-corrected chi connectivity index (χ0v) is 13.9. The highest BCUT2D eigenvalue weighted by molar-refractivity contribution is 7.15. The van der Waals surface area contributed by atoms with Crippen LogP contribution in [0.5, 0.6) is 0 Å². The first kappa shape index (κ1) is 16.2. The minimum Gasteiger partial charge on any atom is -0.391 e. The summed E-state index contributed by atoms with van der Waals surface area (Å²) in [6, 6.07) is 3.72. The number of aliphatic hydroxyl groups is 1. The van der Waals surface area contributed by atoms with Crippen molar-refractivity contribution in [3.05, 3.63) is 52.8 Å². The van der Waals surface area contributed by atoms with Gasteiger partial charge in [0.25, 0.3) is 0 Å². The van der Waals surface area contributed by atoms with E-state index in [1.54, 1.807) is 6.20 Å². The van der Waals surface area contributed by atoms with Crippen LogP contribution in [-0.4, -0.2) is 15.1 Å². The van der Waals surface area contributed by atoms with Gasteiger partial charge in [-0.3, -0.25) is 0 Å². The van der Waals surface area contributed by atoms with Crippen LogP contribution in [-0.2, 0) is 6.61 Å². The summed E-state index contributed by atoms with van der Waals surface area (Å²) in [5.74, 6) is 4.57. The number of terminal acetylenes is 1. The van der Waals surface area contributed by atoms with Gasteiger partial charge in [0.2, 0.25) is 0 Å². The number of aliphatic hydroxyl groups excluding tert-OH is 1. The van der Waals surface area contributed by atoms with Crippen molar-refractivity contribution in [3.8, 4) is 23.0 Å². The lowest BCUT2D eigenvalue weighted by molar-refractivity contribution is 0.285. The lowest BCUT2D eigenvalue weighted by Gasteiger charge is -2.09. The number of hydrogen-bond acceptors (Lipinski definition) is 6. The molecule has 1 fully saturated rings. The molecule has 1 aliphatic carbocycles. The molecule has 0 aliphatic heterocycles. The first-order valence-corrected chi connectivity index (χ1v) is 8.39. The predicted molar refractivity (Wildman–Crippen MR) is 97.0 cm³/mol. The Morgan fingerprint density at radius 1 is 1.54 bits per heavy atom. The first-order valence-electron chi connectivity index (χ1n) is 7.57. The largest absolute Gasteiger partial charge is 0.391 e. The van der Waals surface area contributed by atoms with E-state index < -0.39 is 0 Å². The fraction of sp³-hybridized carbons (Fsp3) is 0.222. The van der Waals surface area contributed by atoms with Gasteiger partial charge in [-0.15, -0.1) is 17.8 Å². The summed E-state index contributed by atoms with van der Waals surface area (Å²) in [6.07, 6.45) is 11.3. The number of anilines is 1. The van der Waals surface area contributed by atoms with Crippen LogP contribution in [0.4, 0.5) is 5.82 Å². The van der Waals surface area contributed by atoms with Crippen molar-refractivity contribution in [1.82, 2.24) is 9.97 Å². The summed E-state index contributed by atoms with van der Waals surface area (Å²) < 4.78 is 0. The van der Waals surface area contributed by atoms with E-state index in [0.717, 1.165) is 15.3 Å². The van der Waals surface area contributed by atoms with Gasteiger partial charge in [0.1, 0.15) is 5.82 Å². The van der Waals surface area contributed by atoms with Gasteiger partial charge in [0, 0.05) is 11.1 Å². The molecule has 1 aliphatic rings. The van der Waals surface area contributed by atoms with Gasteiger partial charge in [-0.25, -0.2) is 9.97 Å². The molecule has 0 atom stereocenters. The van der Waals surface area contributed by atoms with Crippen LogP contribution in [0.25, 0.3) is 10.7 Å². The smallest absolute Gasteiger partial charge is 0.171 e. The number of aromatic nitrogens is 2. The Balaban J connectivity index is 1.86. The Labute approximate surface area is 145 Å². The van der Waals surface area contributed by atoms with Crippen molar-refractivity contribution >= 4 is 17.2 Å². The summed E-state index contributed by atoms with van der Waals surface area (Å²) >= 11 is 1.44. The number of hydrogen-bond donors (Lipinski definition) is 3. The number of nitrogens with two attached hydrogens (primary N) is 1. The maximum atomic E-state index is 9.19. The maximum Gasteiger partial charge on any atom is 0.171 e. The number of thiophene rings is 1. The van der Waals surface area contributed by atoms with Gasteiger partial charge in [-0.2, -0.15) is 0 Å². The number of nitrogens with one attached hydrogen (secondary N) is 1. The normalized spacial score (nSPS) is 14.2. The van der Waals surface area contributed by atoms with E-state index in [-0.39, 0.29) is 6.61 Å². The first-order chi connectivity index (χ1) is 11.6. The Morgan fingerprint density at radius 3 is 2.96 bits per heavy atom. The van der Waals surface area contributed by atoms with Crippen LogP contribution in [0.15, 0.2) is 42.4 Å². The van der Waals surface area contributed by atoms with Gasteiger partial charge in [0.05, 0.1) is 17.0 Å². The van der Waals surface area contributed by atoms with Crippen LogP contribution in [0, 0.1) is 18.3 Å². The van der Waals surface area contributed by atoms with Crippen LogP contribution in [0.1, 0.15) is 23.3 Å². The van der Waals surface area contributed by atoms with Crippen LogP contribution >= 0.6 is 11.3 Å². The van der Waals surface area contributed by atoms with Gasteiger partial charge in [-0.1, -0.05) is 12.5 Å². The van der Waals surface area contributed by atoms with E-state index in [1.807, 2.05) is 18.2 Å². The Bertz CT molecular complexity index is 843. The minimum absolute atomic E-state index is 0.00280. The van der Waals surface area contributed by atoms with Crippen LogP contribution < -0.4 is 11.1 Å². The molecule has 4 N–H and O–H groups in total. The second-order valence-electron chi connectivity index (χ2n) is 5.60. The third-order valence-electron chi connectivity index (χ3n) is 3.69. The quantitative estimate of drug-likeness (QED) is 0.557. The molecule has 3 rings (SSSR count). The molecule has 24 heavy (non-hydrogen) atoms. The Hall–Kier alpha value is -2.62. The van der Waals surface area contributed by atoms with E-state index >= 15 is 0 Å². The molecule has 1 saturated carbocycles. The average molecular weight is 338 g/mol. The molecule has 0 bridgehead atoms. The standard InChI is InChI=1S/C18H18N4OS/c1-3-12-9-20-18(15-7-6-14(10-23)24-15)22-17(12)21-16(19)8-11(2)13-4-5-13/h1,6-9,13,23H,2,4-5,10,19H2,(H,20,21,22)/b16-8+. The molecule has 2 heterocycles. The summed E-state index contributed by atoms with van der Waals surface area (Å²) in [4.78, 5) is 10.5. The third-order valence-corrected chi connectivity index (χ3v) is 4.75. The fourth-order valence-electron chi connectivity index (χ4n) is 2.23. The van der Waals surface area contributed by atoms with E-state index in [9.17, 15) is 5.11 Å². The van der Waals surface area contributed by atoms with E-state index in [0.29, 0.717) is 28.9 Å². The number of nitrogens with zero attached hydrogens (tertiary/aromatic N) is 2. The molecular weight excluding hydrogens is 320 g/mol. The van der Waals surface area contributed by atoms with Crippen molar-refractivity contribution in [1.29, 1.82) is 0 Å². The second kappa shape index (κ2) is 6.87. The lowest BCUT2D eigenvalue weighted by Crippen LogP contribution is -2.12. The summed E-state index contributed by atoms with van der Waals surface area (Å²) in [5, 5.41) is 12.2. The molecule has 6 heteroatoms. The zero-order valence-electron chi connectivity index (χ0n) is 13.1. The molecule has 0 amide bonds. The molecule has 0 saturated heterocycles. The fourth-order valence-corrected chi connectivity index (χ4v) is 3.04. The lowest BCUT2D eigenvalue weighted by atomic mass is 10.2. The van der Waals surface area contributed by atoms with Gasteiger partial charge in [0.15, 0.2) is 11.6 Å². The van der Waals surface area contributed by atoms with E-state index in [1.165, 1.54) is 24.2 Å². The van der Waals surface area contributed by atoms with Crippen molar-refractivity contribution in [2.75, 3.05) is 5.32 Å². The molecule has 0 radical (unpaired) electrons. The number of allylic oxidation sites excluding steroid dienone is 2. The molecule has 2 aromatic rings. The van der Waals surface area contributed by atoms with Crippen molar-refractivity contribution < 1.29 is 5.11 Å². The molecule has 5 nitrogen and oxygen atoms in total. The van der Waals surface area contributed by atoms with Crippen molar-refractivity contribution in [3.63, 3.8) is 0 Å². The van der Waals surface area contributed by atoms with Gasteiger partial charge in [-0.05, 0) is 42.5 Å². The summed E-state index contributed by atoms with van der Waals surface area (Å²) in [5.41, 5.74) is 7.59. The molecule has 0 spiro atoms. The predicted octanol–water partition coefficient (Wildman–Crippen LogP) is 2.86. The molecular formula is C18H18N4OS. The summed E-state index contributed by atoms with van der Waals surface area (Å²) in [7, 11) is 0. The molecule has 2 aromatic heterocycles. The van der Waals surface area contributed by atoms with Gasteiger partial charge < -0.3 is 16.2 Å². The van der Waals surface area contributed by atoms with Crippen LogP contribution in [0.2, 0.25) is 0 Å². The zero-order chi connectivity index (χ0) is 17.1. The SMILES string of the molecule is C#Cc1cnc(-c2ccc(CO)s2)nc1N/C(N)=C/C(=C)C1CC1. The molecule has 0 aromatic carbocycles. The van der Waals surface area contributed by atoms with Crippen LogP contribution in [0.3, 0.4) is 0 Å². The molecule has 122 valence electrons. The van der Waals surface area contributed by atoms with E-state index in [4.69, 9.17) is 12.2 Å². The Kier molecular flexibility index (Phi) is 4.65. The topological polar surface area (TPSA) is 84.1 Å². The average Bonchev–Trinajstić information content (AvgIpc) is 3.32. The van der Waals surface area contributed by atoms with Crippen molar-refractivity contribution in [2.24, 2.45) is 11.7 Å². The minimum atomic E-state index is -0.00280. The Morgan fingerprint density at radius 2 is 2.33 bits per heavy atom. The second-order valence-corrected chi connectivity index (χ2v) is 6.77. The molecule has 0 unspecified atom stereocenters. The number of rotatable bonds is 6. The van der Waals surface area contributed by atoms with E-state index in [2.05, 4.69) is 27.8 Å². The highest BCUT2D eigenvalue weighted by Gasteiger charge is 2.23. The highest BCUT2D eigenvalue weighted by Crippen LogP contribution is 2.36. The third kappa shape index (κ3) is 3.65.